The van der Waals surface area contributed by atoms with Gasteiger partial charge in [-0.15, -0.1) is 10.2 Å². The van der Waals surface area contributed by atoms with Crippen LogP contribution in [0, 0.1) is 0 Å². The first kappa shape index (κ1) is 15.4. The Balaban J connectivity index is 1.88. The van der Waals surface area contributed by atoms with Gasteiger partial charge < -0.3 is 11.1 Å². The van der Waals surface area contributed by atoms with E-state index in [1.165, 1.54) is 16.9 Å². The molecular weight excluding hydrogens is 284 g/mol. The van der Waals surface area contributed by atoms with Crippen molar-refractivity contribution in [3.05, 3.63) is 40.4 Å². The van der Waals surface area contributed by atoms with Gasteiger partial charge in [-0.05, 0) is 23.1 Å². The van der Waals surface area contributed by atoms with Gasteiger partial charge in [0.05, 0.1) is 0 Å². The molecule has 0 bridgehead atoms. The van der Waals surface area contributed by atoms with Crippen molar-refractivity contribution in [3.63, 3.8) is 0 Å². The Bertz CT molecular complexity index is 613. The molecule has 3 N–H and O–H groups in total. The number of nitrogens with one attached hydrogen (secondary N) is 1. The van der Waals surface area contributed by atoms with Crippen molar-refractivity contribution in [2.24, 2.45) is 0 Å². The quantitative estimate of drug-likeness (QED) is 0.909. The molecule has 2 aromatic rings. The number of hydrogen-bond acceptors (Lipinski definition) is 5. The molecule has 1 heterocycles. The van der Waals surface area contributed by atoms with Gasteiger partial charge >= 0.3 is 0 Å². The van der Waals surface area contributed by atoms with Gasteiger partial charge in [0.25, 0.3) is 5.91 Å². The highest BCUT2D eigenvalue weighted by molar-refractivity contribution is 7.15. The van der Waals surface area contributed by atoms with Crippen molar-refractivity contribution in [2.75, 3.05) is 12.3 Å². The lowest BCUT2D eigenvalue weighted by Crippen LogP contribution is -2.25. The third-order valence-corrected chi connectivity index (χ3v) is 3.93. The lowest BCUT2D eigenvalue weighted by Gasteiger charge is -2.19. The average molecular weight is 304 g/mol. The minimum absolute atomic E-state index is 0.0760. The maximum atomic E-state index is 12.0. The SMILES string of the molecule is CC(C)(C)c1ccc(C(=O)NCCc2nnc(N)s2)cc1. The summed E-state index contributed by atoms with van der Waals surface area (Å²) in [5.41, 5.74) is 7.48. The zero-order valence-corrected chi connectivity index (χ0v) is 13.3. The van der Waals surface area contributed by atoms with Crippen LogP contribution in [0.3, 0.4) is 0 Å². The highest BCUT2D eigenvalue weighted by Gasteiger charge is 2.14. The fourth-order valence-electron chi connectivity index (χ4n) is 1.87. The molecule has 0 fully saturated rings. The van der Waals surface area contributed by atoms with Gasteiger partial charge in [-0.1, -0.05) is 44.2 Å². The lowest BCUT2D eigenvalue weighted by molar-refractivity contribution is 0.0954. The maximum absolute atomic E-state index is 12.0. The van der Waals surface area contributed by atoms with E-state index in [4.69, 9.17) is 5.73 Å². The lowest BCUT2D eigenvalue weighted by atomic mass is 9.87. The number of carbonyl (C=O) groups excluding carboxylic acids is 1. The summed E-state index contributed by atoms with van der Waals surface area (Å²) < 4.78 is 0. The highest BCUT2D eigenvalue weighted by atomic mass is 32.1. The van der Waals surface area contributed by atoms with Crippen LogP contribution in [-0.4, -0.2) is 22.6 Å². The summed E-state index contributed by atoms with van der Waals surface area (Å²) in [6, 6.07) is 7.72. The molecule has 0 aliphatic carbocycles. The van der Waals surface area contributed by atoms with E-state index < -0.39 is 0 Å². The Morgan fingerprint density at radius 2 is 1.90 bits per heavy atom. The number of hydrogen-bond donors (Lipinski definition) is 2. The van der Waals surface area contributed by atoms with Crippen LogP contribution in [0.1, 0.15) is 41.7 Å². The van der Waals surface area contributed by atoms with E-state index in [2.05, 4.69) is 36.3 Å². The number of nitrogens with two attached hydrogens (primary N) is 1. The molecule has 0 aliphatic rings. The molecule has 0 spiro atoms. The summed E-state index contributed by atoms with van der Waals surface area (Å²) in [4.78, 5) is 12.0. The molecule has 0 atom stereocenters. The summed E-state index contributed by atoms with van der Waals surface area (Å²) in [5.74, 6) is -0.0760. The van der Waals surface area contributed by atoms with Crippen molar-refractivity contribution in [1.82, 2.24) is 15.5 Å². The second-order valence-corrected chi connectivity index (χ2v) is 6.96. The number of benzene rings is 1. The van der Waals surface area contributed by atoms with E-state index in [-0.39, 0.29) is 11.3 Å². The molecule has 2 rings (SSSR count). The summed E-state index contributed by atoms with van der Waals surface area (Å²) in [6.07, 6.45) is 0.640. The van der Waals surface area contributed by atoms with Crippen LogP contribution in [-0.2, 0) is 11.8 Å². The molecule has 6 heteroatoms. The number of carbonyl (C=O) groups is 1. The predicted octanol–water partition coefficient (Wildman–Crippen LogP) is 2.39. The van der Waals surface area contributed by atoms with E-state index >= 15 is 0 Å². The average Bonchev–Trinajstić information content (AvgIpc) is 2.83. The van der Waals surface area contributed by atoms with Crippen molar-refractivity contribution in [3.8, 4) is 0 Å². The first-order valence-corrected chi connectivity index (χ1v) is 7.64. The van der Waals surface area contributed by atoms with Crippen molar-refractivity contribution in [2.45, 2.75) is 32.6 Å². The second kappa shape index (κ2) is 6.22. The topological polar surface area (TPSA) is 80.9 Å². The van der Waals surface area contributed by atoms with E-state index in [0.717, 1.165) is 5.01 Å². The molecule has 0 aliphatic heterocycles. The first-order valence-electron chi connectivity index (χ1n) is 6.83. The molecule has 0 radical (unpaired) electrons. The zero-order chi connectivity index (χ0) is 15.5. The van der Waals surface area contributed by atoms with E-state index in [1.54, 1.807) is 0 Å². The number of nitrogen functional groups attached to an aromatic ring is 1. The largest absolute Gasteiger partial charge is 0.374 e. The molecule has 0 unspecified atom stereocenters. The van der Waals surface area contributed by atoms with Crippen molar-refractivity contribution < 1.29 is 4.79 Å². The number of nitrogens with zero attached hydrogens (tertiary/aromatic N) is 2. The van der Waals surface area contributed by atoms with Crippen molar-refractivity contribution >= 4 is 22.4 Å². The van der Waals surface area contributed by atoms with Crippen LogP contribution < -0.4 is 11.1 Å². The molecule has 0 saturated heterocycles. The highest BCUT2D eigenvalue weighted by Crippen LogP contribution is 2.22. The Kier molecular flexibility index (Phi) is 4.57. The van der Waals surface area contributed by atoms with Crippen LogP contribution in [0.2, 0.25) is 0 Å². The Hall–Kier alpha value is -1.95. The monoisotopic (exact) mass is 304 g/mol. The number of aromatic nitrogens is 2. The molecule has 1 amide bonds. The molecular formula is C15H20N4OS. The van der Waals surface area contributed by atoms with Gasteiger partial charge in [-0.25, -0.2) is 0 Å². The fraction of sp³-hybridized carbons (Fsp3) is 0.400. The zero-order valence-electron chi connectivity index (χ0n) is 12.5. The van der Waals surface area contributed by atoms with Gasteiger partial charge in [0.2, 0.25) is 5.13 Å². The van der Waals surface area contributed by atoms with E-state index in [0.29, 0.717) is 23.7 Å². The molecule has 0 saturated carbocycles. The van der Waals surface area contributed by atoms with Crippen LogP contribution in [0.25, 0.3) is 0 Å². The van der Waals surface area contributed by atoms with Gasteiger partial charge in [0.1, 0.15) is 5.01 Å². The molecule has 112 valence electrons. The summed E-state index contributed by atoms with van der Waals surface area (Å²) in [5, 5.41) is 11.8. The van der Waals surface area contributed by atoms with Gasteiger partial charge in [-0.2, -0.15) is 0 Å². The van der Waals surface area contributed by atoms with Crippen LogP contribution in [0.5, 0.6) is 0 Å². The normalized spacial score (nSPS) is 11.4. The number of rotatable bonds is 4. The Morgan fingerprint density at radius 1 is 1.24 bits per heavy atom. The van der Waals surface area contributed by atoms with E-state index in [1.807, 2.05) is 24.3 Å². The molecule has 5 nitrogen and oxygen atoms in total. The maximum Gasteiger partial charge on any atom is 0.251 e. The van der Waals surface area contributed by atoms with Gasteiger partial charge in [0, 0.05) is 18.5 Å². The smallest absolute Gasteiger partial charge is 0.251 e. The van der Waals surface area contributed by atoms with Crippen LogP contribution >= 0.6 is 11.3 Å². The fourth-order valence-corrected chi connectivity index (χ4v) is 2.48. The molecule has 21 heavy (non-hydrogen) atoms. The first-order chi connectivity index (χ1) is 9.86. The third-order valence-electron chi connectivity index (χ3n) is 3.12. The van der Waals surface area contributed by atoms with Crippen LogP contribution in [0.15, 0.2) is 24.3 Å². The summed E-state index contributed by atoms with van der Waals surface area (Å²) >= 11 is 1.34. The van der Waals surface area contributed by atoms with Gasteiger partial charge in [0.15, 0.2) is 0 Å². The summed E-state index contributed by atoms with van der Waals surface area (Å²) in [7, 11) is 0. The third kappa shape index (κ3) is 4.26. The molecule has 1 aromatic heterocycles. The second-order valence-electron chi connectivity index (χ2n) is 5.87. The Morgan fingerprint density at radius 3 is 2.43 bits per heavy atom. The summed E-state index contributed by atoms with van der Waals surface area (Å²) in [6.45, 7) is 6.97. The number of anilines is 1. The minimum Gasteiger partial charge on any atom is -0.374 e. The molecule has 1 aromatic carbocycles. The minimum atomic E-state index is -0.0760. The number of amides is 1. The van der Waals surface area contributed by atoms with E-state index in [9.17, 15) is 4.79 Å². The Labute approximate surface area is 128 Å². The standard InChI is InChI=1S/C15H20N4OS/c1-15(2,3)11-6-4-10(5-7-11)13(20)17-9-8-12-18-19-14(16)21-12/h4-7H,8-9H2,1-3H3,(H2,16,19)(H,17,20). The van der Waals surface area contributed by atoms with Crippen LogP contribution in [0.4, 0.5) is 5.13 Å². The predicted molar refractivity (Wildman–Crippen MR) is 85.5 cm³/mol. The van der Waals surface area contributed by atoms with Gasteiger partial charge in [-0.3, -0.25) is 4.79 Å². The van der Waals surface area contributed by atoms with Crippen molar-refractivity contribution in [1.29, 1.82) is 0 Å².